The monoisotopic (exact) mass is 592 g/mol. The van der Waals surface area contributed by atoms with Gasteiger partial charge in [-0.15, -0.1) is 0 Å². The molecular weight excluding hydrogens is 552 g/mol. The van der Waals surface area contributed by atoms with Crippen molar-refractivity contribution in [3.63, 3.8) is 0 Å². The van der Waals surface area contributed by atoms with Gasteiger partial charge in [0.05, 0.1) is 25.2 Å². The van der Waals surface area contributed by atoms with Crippen LogP contribution in [-0.4, -0.2) is 58.0 Å². The Morgan fingerprint density at radius 3 is 1.55 bits per heavy atom. The molecule has 44 heavy (non-hydrogen) atoms. The molecule has 0 radical (unpaired) electrons. The minimum Gasteiger partial charge on any atom is -0.490 e. The highest BCUT2D eigenvalue weighted by atomic mass is 16.6. The van der Waals surface area contributed by atoms with Crippen LogP contribution in [0.2, 0.25) is 0 Å². The van der Waals surface area contributed by atoms with Crippen molar-refractivity contribution < 1.29 is 28.4 Å². The second-order valence-electron chi connectivity index (χ2n) is 12.0. The maximum atomic E-state index is 6.51. The van der Waals surface area contributed by atoms with Gasteiger partial charge >= 0.3 is 0 Å². The first-order valence-electron chi connectivity index (χ1n) is 15.8. The number of epoxide rings is 3. The van der Waals surface area contributed by atoms with E-state index in [2.05, 4.69) is 104 Å². The standard InChI is InChI=1S/C38H40O6/c1-27(32-13-5-8-16-35(32)42-24-29-21-39-29)19-20-38(28-11-3-2-4-12-28,33-14-6-9-17-36(33)43-25-30-22-40-30)34-15-7-10-18-37(34)44-26-31-23-41-31/h2-18,27,29-31H,19-26H2,1H3. The van der Waals surface area contributed by atoms with Gasteiger partial charge in [-0.3, -0.25) is 0 Å². The smallest absolute Gasteiger partial charge is 0.123 e. The third-order valence-corrected chi connectivity index (χ3v) is 8.84. The molecule has 0 aromatic heterocycles. The molecule has 6 heteroatoms. The first-order chi connectivity index (χ1) is 21.7. The largest absolute Gasteiger partial charge is 0.490 e. The van der Waals surface area contributed by atoms with E-state index in [1.807, 2.05) is 6.07 Å². The molecule has 0 aliphatic carbocycles. The average molecular weight is 593 g/mol. The fraction of sp³-hybridized carbons (Fsp3) is 0.368. The molecule has 0 amide bonds. The molecule has 3 heterocycles. The third kappa shape index (κ3) is 6.63. The van der Waals surface area contributed by atoms with Gasteiger partial charge in [0, 0.05) is 11.1 Å². The fourth-order valence-corrected chi connectivity index (χ4v) is 6.13. The molecule has 4 atom stereocenters. The molecule has 3 saturated heterocycles. The van der Waals surface area contributed by atoms with Gasteiger partial charge in [-0.2, -0.15) is 0 Å². The van der Waals surface area contributed by atoms with E-state index in [1.165, 1.54) is 11.1 Å². The first-order valence-corrected chi connectivity index (χ1v) is 15.8. The number of benzene rings is 4. The first kappa shape index (κ1) is 28.9. The summed E-state index contributed by atoms with van der Waals surface area (Å²) < 4.78 is 35.7. The van der Waals surface area contributed by atoms with E-state index in [0.717, 1.165) is 61.0 Å². The van der Waals surface area contributed by atoms with Gasteiger partial charge in [-0.05, 0) is 48.1 Å². The van der Waals surface area contributed by atoms with Gasteiger partial charge in [-0.1, -0.05) is 91.9 Å². The summed E-state index contributed by atoms with van der Waals surface area (Å²) >= 11 is 0. The van der Waals surface area contributed by atoms with Crippen molar-refractivity contribution in [1.82, 2.24) is 0 Å². The van der Waals surface area contributed by atoms with Crippen LogP contribution in [0, 0.1) is 0 Å². The Balaban J connectivity index is 1.31. The average Bonchev–Trinajstić information content (AvgIpc) is 3.93. The van der Waals surface area contributed by atoms with Gasteiger partial charge < -0.3 is 28.4 Å². The van der Waals surface area contributed by atoms with Crippen molar-refractivity contribution in [2.45, 2.75) is 49.4 Å². The van der Waals surface area contributed by atoms with Crippen LogP contribution in [0.3, 0.4) is 0 Å². The Morgan fingerprint density at radius 1 is 0.591 bits per heavy atom. The zero-order valence-corrected chi connectivity index (χ0v) is 25.2. The molecule has 0 spiro atoms. The number of ether oxygens (including phenoxy) is 6. The summed E-state index contributed by atoms with van der Waals surface area (Å²) in [6.45, 7) is 6.22. The molecular formula is C38H40O6. The molecule has 7 rings (SSSR count). The van der Waals surface area contributed by atoms with E-state index in [1.54, 1.807) is 0 Å². The molecule has 6 nitrogen and oxygen atoms in total. The van der Waals surface area contributed by atoms with E-state index in [4.69, 9.17) is 28.4 Å². The van der Waals surface area contributed by atoms with Crippen LogP contribution in [0.15, 0.2) is 103 Å². The van der Waals surface area contributed by atoms with Crippen molar-refractivity contribution in [2.24, 2.45) is 0 Å². The number of hydrogen-bond donors (Lipinski definition) is 0. The van der Waals surface area contributed by atoms with Gasteiger partial charge in [0.15, 0.2) is 0 Å². The third-order valence-electron chi connectivity index (χ3n) is 8.84. The number of para-hydroxylation sites is 3. The lowest BCUT2D eigenvalue weighted by molar-refractivity contribution is 0.252. The summed E-state index contributed by atoms with van der Waals surface area (Å²) in [6.07, 6.45) is 2.23. The molecule has 0 saturated carbocycles. The Kier molecular flexibility index (Phi) is 8.56. The van der Waals surface area contributed by atoms with E-state index in [0.29, 0.717) is 19.8 Å². The van der Waals surface area contributed by atoms with Crippen molar-refractivity contribution in [1.29, 1.82) is 0 Å². The zero-order valence-electron chi connectivity index (χ0n) is 25.2. The van der Waals surface area contributed by atoms with Crippen molar-refractivity contribution in [2.75, 3.05) is 39.6 Å². The highest BCUT2D eigenvalue weighted by Gasteiger charge is 2.41. The molecule has 0 N–H and O–H groups in total. The molecule has 228 valence electrons. The molecule has 3 aliphatic heterocycles. The van der Waals surface area contributed by atoms with Crippen LogP contribution >= 0.6 is 0 Å². The second-order valence-corrected chi connectivity index (χ2v) is 12.0. The normalized spacial score (nSPS) is 22.0. The van der Waals surface area contributed by atoms with Crippen LogP contribution in [0.5, 0.6) is 17.2 Å². The predicted molar refractivity (Wildman–Crippen MR) is 169 cm³/mol. The van der Waals surface area contributed by atoms with Crippen LogP contribution in [0.4, 0.5) is 0 Å². The van der Waals surface area contributed by atoms with Crippen LogP contribution in [-0.2, 0) is 19.6 Å². The van der Waals surface area contributed by atoms with E-state index in [9.17, 15) is 0 Å². The number of rotatable bonds is 16. The Morgan fingerprint density at radius 2 is 1.02 bits per heavy atom. The lowest BCUT2D eigenvalue weighted by Crippen LogP contribution is -2.32. The summed E-state index contributed by atoms with van der Waals surface area (Å²) in [5.41, 5.74) is 4.08. The Bertz CT molecular complexity index is 1470. The Labute approximate surface area is 259 Å². The minimum absolute atomic E-state index is 0.154. The summed E-state index contributed by atoms with van der Waals surface area (Å²) in [5.74, 6) is 2.90. The lowest BCUT2D eigenvalue weighted by atomic mass is 9.65. The molecule has 4 aromatic rings. The highest BCUT2D eigenvalue weighted by molar-refractivity contribution is 5.59. The Hall–Kier alpha value is -3.84. The quantitative estimate of drug-likeness (QED) is 0.104. The van der Waals surface area contributed by atoms with E-state index in [-0.39, 0.29) is 24.2 Å². The predicted octanol–water partition coefficient (Wildman–Crippen LogP) is 6.94. The highest BCUT2D eigenvalue weighted by Crippen LogP contribution is 2.51. The minimum atomic E-state index is -0.560. The van der Waals surface area contributed by atoms with E-state index < -0.39 is 5.41 Å². The second kappa shape index (κ2) is 13.0. The van der Waals surface area contributed by atoms with Crippen LogP contribution < -0.4 is 14.2 Å². The summed E-state index contributed by atoms with van der Waals surface area (Å²) in [6, 6.07) is 36.1. The molecule has 4 aromatic carbocycles. The SMILES string of the molecule is CC(CCC(c1ccccc1)(c1ccccc1OCC1CO1)c1ccccc1OCC1CO1)c1ccccc1OCC1CO1. The van der Waals surface area contributed by atoms with E-state index >= 15 is 0 Å². The fourth-order valence-electron chi connectivity index (χ4n) is 6.13. The molecule has 3 aliphatic rings. The van der Waals surface area contributed by atoms with Gasteiger partial charge in [-0.25, -0.2) is 0 Å². The van der Waals surface area contributed by atoms with Crippen molar-refractivity contribution >= 4 is 0 Å². The van der Waals surface area contributed by atoms with Crippen molar-refractivity contribution in [3.8, 4) is 17.2 Å². The lowest BCUT2D eigenvalue weighted by Gasteiger charge is -2.39. The molecule has 3 fully saturated rings. The van der Waals surface area contributed by atoms with Gasteiger partial charge in [0.1, 0.15) is 55.4 Å². The zero-order chi connectivity index (χ0) is 29.8. The summed E-state index contributed by atoms with van der Waals surface area (Å²) in [5, 5.41) is 0. The molecule has 0 bridgehead atoms. The number of hydrogen-bond acceptors (Lipinski definition) is 6. The van der Waals surface area contributed by atoms with Crippen LogP contribution in [0.25, 0.3) is 0 Å². The van der Waals surface area contributed by atoms with Crippen LogP contribution in [0.1, 0.15) is 47.9 Å². The van der Waals surface area contributed by atoms with Crippen molar-refractivity contribution in [3.05, 3.63) is 125 Å². The molecule has 4 unspecified atom stereocenters. The maximum Gasteiger partial charge on any atom is 0.123 e. The van der Waals surface area contributed by atoms with Gasteiger partial charge in [0.25, 0.3) is 0 Å². The maximum absolute atomic E-state index is 6.51. The summed E-state index contributed by atoms with van der Waals surface area (Å²) in [7, 11) is 0. The topological polar surface area (TPSA) is 65.3 Å². The summed E-state index contributed by atoms with van der Waals surface area (Å²) in [4.78, 5) is 0. The van der Waals surface area contributed by atoms with Gasteiger partial charge in [0.2, 0.25) is 0 Å².